The van der Waals surface area contributed by atoms with Crippen LogP contribution in [0.3, 0.4) is 0 Å². The van der Waals surface area contributed by atoms with E-state index in [1.807, 2.05) is 20.8 Å². The number of carbonyl (C=O) groups is 4. The van der Waals surface area contributed by atoms with Crippen LogP contribution in [0.15, 0.2) is 24.3 Å². The van der Waals surface area contributed by atoms with Crippen LogP contribution in [0, 0.1) is 5.41 Å². The van der Waals surface area contributed by atoms with Gasteiger partial charge in [-0.15, -0.1) is 0 Å². The molecular weight excluding hydrogens is 458 g/mol. The van der Waals surface area contributed by atoms with Crippen LogP contribution < -0.4 is 9.80 Å². The topological polar surface area (TPSA) is 126 Å². The van der Waals surface area contributed by atoms with Crippen LogP contribution in [-0.4, -0.2) is 92.6 Å². The Balaban J connectivity index is 1.83. The smallest absolute Gasteiger partial charge is 0.408 e. The van der Waals surface area contributed by atoms with Gasteiger partial charge in [-0.3, -0.25) is 24.2 Å². The number of esters is 1. The predicted molar refractivity (Wildman–Crippen MR) is 126 cm³/mol. The van der Waals surface area contributed by atoms with Crippen molar-refractivity contribution >= 4 is 35.3 Å². The number of anilines is 2. The van der Waals surface area contributed by atoms with Crippen LogP contribution in [-0.2, 0) is 28.6 Å². The van der Waals surface area contributed by atoms with Crippen molar-refractivity contribution in [2.24, 2.45) is 5.41 Å². The SMILES string of the molecule is COC(=O)CN(C(=O)[C@H]1C[C@@H](OCC(C)(C)C)CN1C(=O)O)c1ccc(N2CCOCC2=O)cc1. The van der Waals surface area contributed by atoms with Gasteiger partial charge in [0.15, 0.2) is 0 Å². The van der Waals surface area contributed by atoms with Crippen LogP contribution in [0.5, 0.6) is 0 Å². The number of morpholine rings is 1. The highest BCUT2D eigenvalue weighted by Gasteiger charge is 2.43. The lowest BCUT2D eigenvalue weighted by molar-refractivity contribution is -0.140. The van der Waals surface area contributed by atoms with E-state index in [2.05, 4.69) is 0 Å². The van der Waals surface area contributed by atoms with E-state index in [0.29, 0.717) is 31.1 Å². The number of benzene rings is 1. The van der Waals surface area contributed by atoms with Crippen molar-refractivity contribution in [2.45, 2.75) is 39.3 Å². The van der Waals surface area contributed by atoms with Gasteiger partial charge in [0.25, 0.3) is 11.8 Å². The summed E-state index contributed by atoms with van der Waals surface area (Å²) in [4.78, 5) is 53.6. The Kier molecular flexibility index (Phi) is 8.34. The molecule has 2 aliphatic heterocycles. The summed E-state index contributed by atoms with van der Waals surface area (Å²) in [6.07, 6.45) is -1.49. The van der Waals surface area contributed by atoms with Gasteiger partial charge in [-0.1, -0.05) is 20.8 Å². The molecule has 2 heterocycles. The summed E-state index contributed by atoms with van der Waals surface area (Å²) < 4.78 is 15.8. The Morgan fingerprint density at radius 2 is 1.89 bits per heavy atom. The minimum atomic E-state index is -1.23. The van der Waals surface area contributed by atoms with E-state index in [1.54, 1.807) is 29.2 Å². The van der Waals surface area contributed by atoms with Gasteiger partial charge in [-0.2, -0.15) is 0 Å². The van der Waals surface area contributed by atoms with E-state index < -0.39 is 30.1 Å². The molecule has 3 amide bonds. The lowest BCUT2D eigenvalue weighted by Crippen LogP contribution is -2.49. The normalized spacial score (nSPS) is 20.6. The average Bonchev–Trinajstić information content (AvgIpc) is 3.26. The number of carbonyl (C=O) groups excluding carboxylic acids is 3. The van der Waals surface area contributed by atoms with Crippen molar-refractivity contribution in [3.63, 3.8) is 0 Å². The number of rotatable bonds is 7. The number of ether oxygens (including phenoxy) is 3. The molecule has 0 saturated carbocycles. The highest BCUT2D eigenvalue weighted by molar-refractivity contribution is 6.02. The van der Waals surface area contributed by atoms with Crippen molar-refractivity contribution in [1.82, 2.24) is 4.90 Å². The molecule has 192 valence electrons. The number of likely N-dealkylation sites (tertiary alicyclic amines) is 1. The lowest BCUT2D eigenvalue weighted by Gasteiger charge is -2.29. The molecule has 1 N–H and O–H groups in total. The third kappa shape index (κ3) is 6.70. The molecule has 1 aromatic rings. The zero-order chi connectivity index (χ0) is 25.8. The molecule has 2 atom stereocenters. The maximum Gasteiger partial charge on any atom is 0.408 e. The lowest BCUT2D eigenvalue weighted by atomic mass is 9.98. The molecule has 0 aromatic heterocycles. The Bertz CT molecular complexity index is 943. The summed E-state index contributed by atoms with van der Waals surface area (Å²) in [7, 11) is 1.22. The third-order valence-corrected chi connectivity index (χ3v) is 5.79. The molecule has 11 nitrogen and oxygen atoms in total. The van der Waals surface area contributed by atoms with Crippen LogP contribution >= 0.6 is 0 Å². The van der Waals surface area contributed by atoms with Gasteiger partial charge in [-0.25, -0.2) is 4.79 Å². The van der Waals surface area contributed by atoms with Gasteiger partial charge in [0, 0.05) is 24.3 Å². The first kappa shape index (κ1) is 26.4. The number of carboxylic acid groups (broad SMARTS) is 1. The number of nitrogens with zero attached hydrogens (tertiary/aromatic N) is 3. The molecule has 1 aromatic carbocycles. The van der Waals surface area contributed by atoms with Crippen molar-refractivity contribution in [1.29, 1.82) is 0 Å². The second-order valence-corrected chi connectivity index (χ2v) is 9.79. The molecule has 3 rings (SSSR count). The summed E-state index contributed by atoms with van der Waals surface area (Å²) in [5.41, 5.74) is 0.905. The summed E-state index contributed by atoms with van der Waals surface area (Å²) in [5.74, 6) is -1.36. The Morgan fingerprint density at radius 3 is 2.46 bits per heavy atom. The maximum absolute atomic E-state index is 13.6. The number of methoxy groups -OCH3 is 1. The van der Waals surface area contributed by atoms with Crippen molar-refractivity contribution in [3.05, 3.63) is 24.3 Å². The number of hydrogen-bond donors (Lipinski definition) is 1. The molecule has 0 radical (unpaired) electrons. The molecule has 2 saturated heterocycles. The minimum absolute atomic E-state index is 0.000141. The fraction of sp³-hybridized carbons (Fsp3) is 0.583. The highest BCUT2D eigenvalue weighted by Crippen LogP contribution is 2.28. The maximum atomic E-state index is 13.6. The predicted octanol–water partition coefficient (Wildman–Crippen LogP) is 1.74. The van der Waals surface area contributed by atoms with E-state index >= 15 is 0 Å². The summed E-state index contributed by atoms with van der Waals surface area (Å²) >= 11 is 0. The van der Waals surface area contributed by atoms with Gasteiger partial charge >= 0.3 is 12.1 Å². The van der Waals surface area contributed by atoms with E-state index in [0.717, 1.165) is 4.90 Å². The summed E-state index contributed by atoms with van der Waals surface area (Å²) in [5, 5.41) is 9.72. The Labute approximate surface area is 204 Å². The fourth-order valence-electron chi connectivity index (χ4n) is 4.01. The highest BCUT2D eigenvalue weighted by atomic mass is 16.5. The van der Waals surface area contributed by atoms with E-state index in [4.69, 9.17) is 14.2 Å². The second-order valence-electron chi connectivity index (χ2n) is 9.79. The van der Waals surface area contributed by atoms with Gasteiger partial charge in [0.2, 0.25) is 0 Å². The second kappa shape index (κ2) is 11.0. The molecule has 0 aliphatic carbocycles. The zero-order valence-corrected chi connectivity index (χ0v) is 20.6. The monoisotopic (exact) mass is 491 g/mol. The first-order valence-corrected chi connectivity index (χ1v) is 11.5. The van der Waals surface area contributed by atoms with E-state index in [9.17, 15) is 24.3 Å². The number of hydrogen-bond acceptors (Lipinski definition) is 7. The van der Waals surface area contributed by atoms with Crippen molar-refractivity contribution in [3.8, 4) is 0 Å². The van der Waals surface area contributed by atoms with Crippen LogP contribution in [0.25, 0.3) is 0 Å². The van der Waals surface area contributed by atoms with Gasteiger partial charge in [0.1, 0.15) is 19.2 Å². The molecule has 0 bridgehead atoms. The standard InChI is InChI=1S/C24H33N3O8/c1-24(2,3)15-35-18-11-19(27(12-18)23(31)32)22(30)26(13-21(29)33-4)17-7-5-16(6-8-17)25-9-10-34-14-20(25)28/h5-8,18-19H,9-15H2,1-4H3,(H,31,32)/t18-,19-/m1/s1. The van der Waals surface area contributed by atoms with Gasteiger partial charge in [-0.05, 0) is 29.7 Å². The third-order valence-electron chi connectivity index (χ3n) is 5.79. The largest absolute Gasteiger partial charge is 0.468 e. The minimum Gasteiger partial charge on any atom is -0.468 e. The first-order chi connectivity index (χ1) is 16.5. The van der Waals surface area contributed by atoms with Gasteiger partial charge in [0.05, 0.1) is 33.0 Å². The van der Waals surface area contributed by atoms with Crippen LogP contribution in [0.4, 0.5) is 16.2 Å². The van der Waals surface area contributed by atoms with Gasteiger partial charge < -0.3 is 24.2 Å². The molecule has 0 spiro atoms. The van der Waals surface area contributed by atoms with Crippen molar-refractivity contribution in [2.75, 3.05) is 56.4 Å². The number of amides is 3. The van der Waals surface area contributed by atoms with Crippen LogP contribution in [0.1, 0.15) is 27.2 Å². The molecule has 2 fully saturated rings. The molecular formula is C24H33N3O8. The molecule has 11 heteroatoms. The molecule has 0 unspecified atom stereocenters. The quantitative estimate of drug-likeness (QED) is 0.572. The summed E-state index contributed by atoms with van der Waals surface area (Å²) in [6, 6.07) is 5.57. The fourth-order valence-corrected chi connectivity index (χ4v) is 4.01. The van der Waals surface area contributed by atoms with Crippen LogP contribution in [0.2, 0.25) is 0 Å². The zero-order valence-electron chi connectivity index (χ0n) is 20.6. The summed E-state index contributed by atoms with van der Waals surface area (Å²) in [6.45, 7) is 6.94. The Hall–Kier alpha value is -3.18. The van der Waals surface area contributed by atoms with E-state index in [-0.39, 0.29) is 37.4 Å². The van der Waals surface area contributed by atoms with Crippen molar-refractivity contribution < 1.29 is 38.5 Å². The molecule has 35 heavy (non-hydrogen) atoms. The average molecular weight is 492 g/mol. The first-order valence-electron chi connectivity index (χ1n) is 11.5. The molecule has 2 aliphatic rings. The Morgan fingerprint density at radius 1 is 1.20 bits per heavy atom. The van der Waals surface area contributed by atoms with E-state index in [1.165, 1.54) is 12.0 Å².